The summed E-state index contributed by atoms with van der Waals surface area (Å²) in [4.78, 5) is 54.7. The van der Waals surface area contributed by atoms with Gasteiger partial charge in [-0.25, -0.2) is 15.0 Å². The van der Waals surface area contributed by atoms with Gasteiger partial charge in [0.25, 0.3) is 5.91 Å². The Morgan fingerprint density at radius 1 is 1.07 bits per heavy atom. The minimum Gasteiger partial charge on any atom is -0.382 e. The van der Waals surface area contributed by atoms with Crippen LogP contribution < -0.4 is 32.7 Å². The number of nitrogens with zero attached hydrogens (tertiary/aromatic N) is 7. The number of nitrogens with two attached hydrogens (primary N) is 2. The van der Waals surface area contributed by atoms with Crippen molar-refractivity contribution in [3.63, 3.8) is 0 Å². The van der Waals surface area contributed by atoms with Crippen LogP contribution in [0.2, 0.25) is 0 Å². The van der Waals surface area contributed by atoms with E-state index in [1.807, 2.05) is 47.5 Å². The number of ether oxygens (including phenoxy) is 1. The second kappa shape index (κ2) is 17.9. The van der Waals surface area contributed by atoms with Gasteiger partial charge < -0.3 is 42.0 Å². The lowest BCUT2D eigenvalue weighted by atomic mass is 9.85. The van der Waals surface area contributed by atoms with Gasteiger partial charge in [-0.05, 0) is 76.8 Å². The Kier molecular flexibility index (Phi) is 12.6. The number of aryl methyl sites for hydroxylation is 1. The number of nitrogens with one attached hydrogen (secondary N) is 4. The topological polar surface area (TPSA) is 236 Å². The Hall–Kier alpha value is -5.57. The van der Waals surface area contributed by atoms with E-state index in [1.165, 1.54) is 6.20 Å². The average molecular weight is 794 g/mol. The van der Waals surface area contributed by atoms with Crippen molar-refractivity contribution in [2.75, 3.05) is 50.4 Å². The molecule has 2 saturated carbocycles. The Bertz CT molecular complexity index is 2130. The number of imidazole rings is 1. The highest BCUT2D eigenvalue weighted by atomic mass is 16.5. The molecule has 3 fully saturated rings. The number of amides is 3. The van der Waals surface area contributed by atoms with Crippen LogP contribution in [0.5, 0.6) is 0 Å². The van der Waals surface area contributed by atoms with Crippen LogP contribution in [-0.2, 0) is 20.9 Å². The molecule has 0 spiro atoms. The van der Waals surface area contributed by atoms with Gasteiger partial charge in [0.05, 0.1) is 41.6 Å². The third kappa shape index (κ3) is 9.58. The molecule has 0 radical (unpaired) electrons. The molecule has 4 aromatic heterocycles. The van der Waals surface area contributed by atoms with Crippen molar-refractivity contribution in [1.29, 1.82) is 5.26 Å². The van der Waals surface area contributed by atoms with Gasteiger partial charge in [-0.2, -0.15) is 5.26 Å². The van der Waals surface area contributed by atoms with Crippen LogP contribution in [0.3, 0.4) is 0 Å². The fraction of sp³-hybridized carbons (Fsp3) is 0.537. The molecule has 17 nitrogen and oxygen atoms in total. The lowest BCUT2D eigenvalue weighted by molar-refractivity contribution is -0.126. The SMILES string of the molecule is CC(C)Nc1cc(-n2ccc3cc(C#N)cnc32)ncc1C(=O)NC1CCC(C(=O)NCCOCCN2C[C@H]3C[C@@]3(NC(=O)[C@@H](N)CCCn3ccnc3N)C2)CC1. The molecule has 0 unspecified atom stereocenters. The number of pyridine rings is 2. The Labute approximate surface area is 338 Å². The number of likely N-dealkylation sites (tertiary alicyclic amines) is 1. The number of fused-ring (bicyclic) bond motifs is 2. The van der Waals surface area contributed by atoms with E-state index in [4.69, 9.17) is 16.2 Å². The fourth-order valence-electron chi connectivity index (χ4n) is 8.34. The van der Waals surface area contributed by atoms with Gasteiger partial charge in [-0.15, -0.1) is 0 Å². The van der Waals surface area contributed by atoms with E-state index < -0.39 is 6.04 Å². The first-order chi connectivity index (χ1) is 28.0. The summed E-state index contributed by atoms with van der Waals surface area (Å²) in [6.07, 6.45) is 13.5. The molecule has 5 heterocycles. The van der Waals surface area contributed by atoms with Crippen LogP contribution in [0, 0.1) is 23.2 Å². The molecule has 0 bridgehead atoms. The van der Waals surface area contributed by atoms with Crippen LogP contribution in [0.15, 0.2) is 49.2 Å². The highest BCUT2D eigenvalue weighted by Crippen LogP contribution is 2.49. The number of nitrogen functional groups attached to an aromatic ring is 1. The summed E-state index contributed by atoms with van der Waals surface area (Å²) in [6, 6.07) is 7.09. The van der Waals surface area contributed by atoms with E-state index >= 15 is 0 Å². The zero-order chi connectivity index (χ0) is 40.8. The number of carbonyl (C=O) groups excluding carboxylic acids is 3. The lowest BCUT2D eigenvalue weighted by Crippen LogP contribution is -2.49. The summed E-state index contributed by atoms with van der Waals surface area (Å²) in [5, 5.41) is 22.9. The van der Waals surface area contributed by atoms with Gasteiger partial charge in [-0.1, -0.05) is 0 Å². The summed E-state index contributed by atoms with van der Waals surface area (Å²) >= 11 is 0. The highest BCUT2D eigenvalue weighted by Gasteiger charge is 2.60. The number of rotatable bonds is 18. The molecule has 7 rings (SSSR count). The van der Waals surface area contributed by atoms with Crippen LogP contribution in [0.25, 0.3) is 16.9 Å². The van der Waals surface area contributed by atoms with Gasteiger partial charge in [-0.3, -0.25) is 23.9 Å². The number of hydrogen-bond acceptors (Lipinski definition) is 12. The first-order valence-electron chi connectivity index (χ1n) is 20.4. The third-order valence-corrected chi connectivity index (χ3v) is 11.6. The Balaban J connectivity index is 0.780. The van der Waals surface area contributed by atoms with Crippen molar-refractivity contribution in [3.8, 4) is 11.9 Å². The summed E-state index contributed by atoms with van der Waals surface area (Å²) in [6.45, 7) is 8.58. The van der Waals surface area contributed by atoms with Crippen LogP contribution in [0.4, 0.5) is 11.6 Å². The second-order valence-electron chi connectivity index (χ2n) is 16.3. The molecule has 3 atom stereocenters. The number of piperidine rings is 1. The van der Waals surface area contributed by atoms with E-state index in [2.05, 4.69) is 47.2 Å². The molecule has 3 aliphatic rings. The number of anilines is 2. The maximum absolute atomic E-state index is 13.5. The second-order valence-corrected chi connectivity index (χ2v) is 16.3. The minimum atomic E-state index is -0.559. The normalized spacial score (nSPS) is 21.9. The van der Waals surface area contributed by atoms with Gasteiger partial charge in [0, 0.05) is 93.2 Å². The Morgan fingerprint density at radius 2 is 1.90 bits per heavy atom. The molecule has 2 aliphatic carbocycles. The summed E-state index contributed by atoms with van der Waals surface area (Å²) in [5.41, 5.74) is 14.1. The molecule has 1 aliphatic heterocycles. The summed E-state index contributed by atoms with van der Waals surface area (Å²) in [5.74, 6) is 1.11. The lowest BCUT2D eigenvalue weighted by Gasteiger charge is -2.28. The van der Waals surface area contributed by atoms with E-state index in [0.717, 1.165) is 37.9 Å². The van der Waals surface area contributed by atoms with Crippen molar-refractivity contribution in [1.82, 2.24) is 44.9 Å². The molecule has 58 heavy (non-hydrogen) atoms. The fourth-order valence-corrected chi connectivity index (χ4v) is 8.34. The van der Waals surface area contributed by atoms with Gasteiger partial charge in [0.1, 0.15) is 17.5 Å². The van der Waals surface area contributed by atoms with Crippen LogP contribution in [-0.4, -0.2) is 110 Å². The molecule has 308 valence electrons. The maximum Gasteiger partial charge on any atom is 0.255 e. The molecule has 3 amide bonds. The van der Waals surface area contributed by atoms with Crippen LogP contribution >= 0.6 is 0 Å². The van der Waals surface area contributed by atoms with Crippen molar-refractivity contribution < 1.29 is 19.1 Å². The zero-order valence-electron chi connectivity index (χ0n) is 33.3. The first-order valence-corrected chi connectivity index (χ1v) is 20.4. The smallest absolute Gasteiger partial charge is 0.255 e. The standard InChI is InChI=1S/C41H55N13O4/c1-26(2)49-34-19-35(54-13-9-29-18-27(21-42)22-48-36(29)54)47-23-32(34)38(56)50-31-7-5-28(6-8-31)37(55)45-11-16-58-17-15-52-24-30-20-41(30,25-52)51-39(57)33(43)4-3-12-53-14-10-46-40(53)44/h9-10,13-14,18-19,22-23,26,28,30-31,33H,3-8,11-12,15-17,20,24-25,43H2,1-2H3,(H2,44,46)(H,45,55)(H,47,49)(H,50,56)(H,51,57)/t28?,30-,31?,33+,41-/m1/s1. The Morgan fingerprint density at radius 3 is 2.66 bits per heavy atom. The quantitative estimate of drug-likeness (QED) is 0.0797. The van der Waals surface area contributed by atoms with Crippen molar-refractivity contribution in [3.05, 3.63) is 60.3 Å². The molecule has 0 aromatic carbocycles. The largest absolute Gasteiger partial charge is 0.382 e. The summed E-state index contributed by atoms with van der Waals surface area (Å²) < 4.78 is 9.54. The van der Waals surface area contributed by atoms with Gasteiger partial charge in [0.2, 0.25) is 11.8 Å². The maximum atomic E-state index is 13.5. The number of aromatic nitrogens is 5. The van der Waals surface area contributed by atoms with Gasteiger partial charge >= 0.3 is 0 Å². The first kappa shape index (κ1) is 40.6. The monoisotopic (exact) mass is 793 g/mol. The van der Waals surface area contributed by atoms with E-state index in [1.54, 1.807) is 18.5 Å². The van der Waals surface area contributed by atoms with E-state index in [-0.39, 0.29) is 41.3 Å². The minimum absolute atomic E-state index is 0.0221. The number of carbonyl (C=O) groups is 3. The van der Waals surface area contributed by atoms with E-state index in [9.17, 15) is 19.6 Å². The van der Waals surface area contributed by atoms with Crippen LogP contribution in [0.1, 0.15) is 74.7 Å². The average Bonchev–Trinajstić information content (AvgIpc) is 3.51. The van der Waals surface area contributed by atoms with Crippen molar-refractivity contribution in [2.24, 2.45) is 17.6 Å². The summed E-state index contributed by atoms with van der Waals surface area (Å²) in [7, 11) is 0. The van der Waals surface area contributed by atoms with Crippen molar-refractivity contribution >= 4 is 40.4 Å². The van der Waals surface area contributed by atoms with Crippen molar-refractivity contribution in [2.45, 2.75) is 89.0 Å². The predicted octanol–water partition coefficient (Wildman–Crippen LogP) is 2.31. The number of hydrogen-bond donors (Lipinski definition) is 6. The highest BCUT2D eigenvalue weighted by molar-refractivity contribution is 6.00. The van der Waals surface area contributed by atoms with Gasteiger partial charge in [0.15, 0.2) is 5.95 Å². The molecule has 8 N–H and O–H groups in total. The predicted molar refractivity (Wildman–Crippen MR) is 219 cm³/mol. The number of nitriles is 1. The zero-order valence-corrected chi connectivity index (χ0v) is 33.3. The molecule has 17 heteroatoms. The molecule has 4 aromatic rings. The molecule has 1 saturated heterocycles. The van der Waals surface area contributed by atoms with E-state index in [0.29, 0.717) is 98.6 Å². The third-order valence-electron chi connectivity index (χ3n) is 11.6. The molecular formula is C41H55N13O4. The molecular weight excluding hydrogens is 739 g/mol.